The number of piperidine rings is 1. The first kappa shape index (κ1) is 31.4. The third kappa shape index (κ3) is 5.04. The second kappa shape index (κ2) is 11.3. The molecule has 8 nitrogen and oxygen atoms in total. The molecule has 0 radical (unpaired) electrons. The Kier molecular flexibility index (Phi) is 7.55. The number of hydrogen-bond acceptors (Lipinski definition) is 6. The molecule has 1 aliphatic carbocycles. The molecule has 1 amide bonds. The molecule has 4 aliphatic heterocycles. The van der Waals surface area contributed by atoms with Gasteiger partial charge in [-0.05, 0) is 93.2 Å². The molecule has 250 valence electrons. The highest BCUT2D eigenvalue weighted by Gasteiger charge is 2.54. The number of aromatic nitrogens is 3. The van der Waals surface area contributed by atoms with Gasteiger partial charge in [-0.1, -0.05) is 23.7 Å². The minimum atomic E-state index is -0.605. The molecule has 5 aliphatic rings. The first-order chi connectivity index (χ1) is 22.4. The van der Waals surface area contributed by atoms with Crippen LogP contribution in [0.25, 0.3) is 0 Å². The predicted molar refractivity (Wildman–Crippen MR) is 172 cm³/mol. The van der Waals surface area contributed by atoms with Crippen LogP contribution in [-0.4, -0.2) is 74.9 Å². The number of benzene rings is 2. The number of halogens is 3. The number of amides is 1. The number of morpholine rings is 1. The molecule has 47 heavy (non-hydrogen) atoms. The molecule has 5 heterocycles. The van der Waals surface area contributed by atoms with E-state index in [1.165, 1.54) is 12.1 Å². The minimum absolute atomic E-state index is 0.0489. The van der Waals surface area contributed by atoms with E-state index in [0.717, 1.165) is 41.5 Å². The van der Waals surface area contributed by atoms with Gasteiger partial charge in [-0.25, -0.2) is 13.8 Å². The zero-order chi connectivity index (χ0) is 32.8. The first-order valence-electron chi connectivity index (χ1n) is 16.9. The van der Waals surface area contributed by atoms with E-state index in [4.69, 9.17) is 21.1 Å². The van der Waals surface area contributed by atoms with Crippen molar-refractivity contribution >= 4 is 17.5 Å². The summed E-state index contributed by atoms with van der Waals surface area (Å²) in [7, 11) is 1.90. The number of carbonyl (C=O) groups excluding carboxylic acids is 1. The van der Waals surface area contributed by atoms with Crippen molar-refractivity contribution in [2.45, 2.75) is 94.1 Å². The third-order valence-electron chi connectivity index (χ3n) is 11.9. The number of carbonyl (C=O) groups is 1. The Morgan fingerprint density at radius 2 is 1.85 bits per heavy atom. The summed E-state index contributed by atoms with van der Waals surface area (Å²) in [5.74, 6) is -0.994. The van der Waals surface area contributed by atoms with Crippen molar-refractivity contribution in [1.29, 1.82) is 0 Å². The Balaban J connectivity index is 1.06. The molecular weight excluding hydrogens is 624 g/mol. The quantitative estimate of drug-likeness (QED) is 0.335. The van der Waals surface area contributed by atoms with Crippen LogP contribution in [0.15, 0.2) is 36.7 Å². The fourth-order valence-electron chi connectivity index (χ4n) is 9.49. The van der Waals surface area contributed by atoms with Crippen molar-refractivity contribution in [3.05, 3.63) is 81.4 Å². The molecule has 1 spiro atoms. The minimum Gasteiger partial charge on any atom is -0.375 e. The van der Waals surface area contributed by atoms with E-state index in [2.05, 4.69) is 41.0 Å². The van der Waals surface area contributed by atoms with Crippen LogP contribution in [0.2, 0.25) is 5.02 Å². The fraction of sp³-hybridized carbons (Fsp3) is 0.583. The van der Waals surface area contributed by atoms with E-state index in [9.17, 15) is 9.18 Å². The number of aryl methyl sites for hydroxylation is 2. The van der Waals surface area contributed by atoms with Gasteiger partial charge in [0.2, 0.25) is 5.91 Å². The monoisotopic (exact) mass is 665 g/mol. The van der Waals surface area contributed by atoms with Crippen molar-refractivity contribution in [3.63, 3.8) is 0 Å². The van der Waals surface area contributed by atoms with Crippen LogP contribution >= 0.6 is 11.6 Å². The smallest absolute Gasteiger partial charge is 0.226 e. The Bertz CT molecular complexity index is 1720. The molecule has 2 bridgehead atoms. The van der Waals surface area contributed by atoms with Gasteiger partial charge >= 0.3 is 0 Å². The average Bonchev–Trinajstić information content (AvgIpc) is 3.88. The lowest BCUT2D eigenvalue weighted by molar-refractivity contribution is -0.151. The molecular formula is C36H42ClF2N5O3. The van der Waals surface area contributed by atoms with Gasteiger partial charge in [-0.2, -0.15) is 5.10 Å². The molecule has 0 N–H and O–H groups in total. The molecule has 2 aromatic carbocycles. The summed E-state index contributed by atoms with van der Waals surface area (Å²) < 4.78 is 44.0. The van der Waals surface area contributed by atoms with Crippen molar-refractivity contribution < 1.29 is 23.0 Å². The number of nitrogens with zero attached hydrogens (tertiary/aromatic N) is 5. The zero-order valence-electron chi connectivity index (χ0n) is 27.4. The summed E-state index contributed by atoms with van der Waals surface area (Å²) in [5, 5.41) is 5.02. The molecule has 8 rings (SSSR count). The van der Waals surface area contributed by atoms with Crippen molar-refractivity contribution in [2.75, 3.05) is 26.2 Å². The maximum atomic E-state index is 15.3. The van der Waals surface area contributed by atoms with E-state index in [0.29, 0.717) is 62.0 Å². The third-order valence-corrected chi connectivity index (χ3v) is 12.3. The lowest BCUT2D eigenvalue weighted by Crippen LogP contribution is -2.48. The van der Waals surface area contributed by atoms with Crippen LogP contribution < -0.4 is 0 Å². The van der Waals surface area contributed by atoms with Gasteiger partial charge in [0.25, 0.3) is 0 Å². The second-order valence-corrected chi connectivity index (χ2v) is 15.4. The molecule has 1 aromatic heterocycles. The van der Waals surface area contributed by atoms with E-state index < -0.39 is 22.7 Å². The summed E-state index contributed by atoms with van der Waals surface area (Å²) in [4.78, 5) is 23.5. The summed E-state index contributed by atoms with van der Waals surface area (Å²) in [5.41, 5.74) is 2.54. The van der Waals surface area contributed by atoms with Crippen LogP contribution in [0.3, 0.4) is 0 Å². The highest BCUT2D eigenvalue weighted by Crippen LogP contribution is 2.56. The molecule has 6 atom stereocenters. The molecule has 3 saturated heterocycles. The standard InChI is InChI=1S/C36H42ClF2N5O3/c1-20-11-28-29(16-30(20)37)36(47-32(28)35(2,3)34-40-19-41-42(34)4)7-9-43(10-8-36)33(45)27-15-22(44-17-24-13-23(44)18-46-24)14-26(27)25-6-5-21(38)12-31(25)39/h5-6,11-12,16,19,22-24,26-27,32H,7-10,13-15,17-18H2,1-4H3/t22-,23+,24+,26+,27-,32+/m1/s1. The number of fused-ring (bicyclic) bond motifs is 4. The van der Waals surface area contributed by atoms with Gasteiger partial charge in [0.05, 0.1) is 29.8 Å². The number of ether oxygens (including phenoxy) is 2. The van der Waals surface area contributed by atoms with Gasteiger partial charge in [0.1, 0.15) is 23.8 Å². The second-order valence-electron chi connectivity index (χ2n) is 15.0. The van der Waals surface area contributed by atoms with Gasteiger partial charge in [0, 0.05) is 55.8 Å². The van der Waals surface area contributed by atoms with E-state index >= 15 is 4.39 Å². The van der Waals surface area contributed by atoms with Gasteiger partial charge in [0.15, 0.2) is 0 Å². The highest BCUT2D eigenvalue weighted by molar-refractivity contribution is 6.31. The van der Waals surface area contributed by atoms with Crippen LogP contribution in [0.4, 0.5) is 8.78 Å². The highest BCUT2D eigenvalue weighted by atomic mass is 35.5. The van der Waals surface area contributed by atoms with Gasteiger partial charge < -0.3 is 14.4 Å². The molecule has 4 fully saturated rings. The lowest BCUT2D eigenvalue weighted by atomic mass is 9.78. The van der Waals surface area contributed by atoms with Crippen molar-refractivity contribution in [3.8, 4) is 0 Å². The first-order valence-corrected chi connectivity index (χ1v) is 17.3. The number of rotatable bonds is 5. The van der Waals surface area contributed by atoms with E-state index in [1.807, 2.05) is 18.9 Å². The predicted octanol–water partition coefficient (Wildman–Crippen LogP) is 5.96. The van der Waals surface area contributed by atoms with Crippen LogP contribution in [0.1, 0.15) is 86.1 Å². The molecule has 11 heteroatoms. The Morgan fingerprint density at radius 3 is 2.51 bits per heavy atom. The summed E-state index contributed by atoms with van der Waals surface area (Å²) >= 11 is 6.72. The molecule has 3 aromatic rings. The van der Waals surface area contributed by atoms with E-state index in [-0.39, 0.29) is 36.0 Å². The SMILES string of the molecule is Cc1cc2c(cc1Cl)C1(CCN(C(=O)[C@@H]3C[C@H](N4C[C@@H]5C[C@H]4CO5)C[C@H]3c3ccc(F)cc3F)CC1)O[C@@H]2C(C)(C)c1ncnn1C. The number of hydrogen-bond donors (Lipinski definition) is 0. The number of likely N-dealkylation sites (tertiary alicyclic amines) is 2. The summed E-state index contributed by atoms with van der Waals surface area (Å²) in [6.45, 7) is 8.88. The molecule has 1 saturated carbocycles. The van der Waals surface area contributed by atoms with E-state index in [1.54, 1.807) is 11.0 Å². The Hall–Kier alpha value is -2.92. The Labute approximate surface area is 279 Å². The lowest BCUT2D eigenvalue weighted by Gasteiger charge is -2.42. The summed E-state index contributed by atoms with van der Waals surface area (Å²) in [6.07, 6.45) is 5.12. The van der Waals surface area contributed by atoms with Crippen molar-refractivity contribution in [2.24, 2.45) is 13.0 Å². The van der Waals surface area contributed by atoms with Gasteiger partial charge in [-0.3, -0.25) is 14.4 Å². The zero-order valence-corrected chi connectivity index (χ0v) is 28.1. The average molecular weight is 666 g/mol. The maximum absolute atomic E-state index is 15.3. The van der Waals surface area contributed by atoms with Crippen molar-refractivity contribution in [1.82, 2.24) is 24.6 Å². The van der Waals surface area contributed by atoms with Crippen LogP contribution in [-0.2, 0) is 32.3 Å². The maximum Gasteiger partial charge on any atom is 0.226 e. The normalized spacial score (nSPS) is 30.1. The molecule has 0 unspecified atom stereocenters. The Morgan fingerprint density at radius 1 is 1.06 bits per heavy atom. The van der Waals surface area contributed by atoms with Crippen LogP contribution in [0, 0.1) is 24.5 Å². The summed E-state index contributed by atoms with van der Waals surface area (Å²) in [6, 6.07) is 8.50. The van der Waals surface area contributed by atoms with Gasteiger partial charge in [-0.15, -0.1) is 0 Å². The largest absolute Gasteiger partial charge is 0.375 e. The topological polar surface area (TPSA) is 72.7 Å². The fourth-order valence-corrected chi connectivity index (χ4v) is 9.65. The van der Waals surface area contributed by atoms with Crippen LogP contribution in [0.5, 0.6) is 0 Å².